The summed E-state index contributed by atoms with van der Waals surface area (Å²) in [4.78, 5) is 35.3. The van der Waals surface area contributed by atoms with Crippen molar-refractivity contribution in [3.8, 4) is 0 Å². The van der Waals surface area contributed by atoms with E-state index in [1.54, 1.807) is 19.2 Å². The van der Waals surface area contributed by atoms with Crippen molar-refractivity contribution in [2.45, 2.75) is 19.8 Å². The van der Waals surface area contributed by atoms with Crippen molar-refractivity contribution in [2.24, 2.45) is 0 Å². The lowest BCUT2D eigenvalue weighted by Crippen LogP contribution is -2.27. The zero-order valence-corrected chi connectivity index (χ0v) is 11.6. The van der Waals surface area contributed by atoms with Crippen LogP contribution in [0.5, 0.6) is 0 Å². The van der Waals surface area contributed by atoms with Gasteiger partial charge < -0.3 is 15.3 Å². The van der Waals surface area contributed by atoms with E-state index < -0.39 is 5.97 Å². The summed E-state index contributed by atoms with van der Waals surface area (Å²) in [6.45, 7) is 1.79. The third kappa shape index (κ3) is 5.09. The van der Waals surface area contributed by atoms with Gasteiger partial charge in [-0.2, -0.15) is 0 Å². The monoisotopic (exact) mass is 284 g/mol. The van der Waals surface area contributed by atoms with Crippen LogP contribution in [0.1, 0.15) is 29.4 Å². The summed E-state index contributed by atoms with van der Waals surface area (Å²) in [5.41, 5.74) is 0. The number of amides is 2. The normalized spacial score (nSPS) is 10.0. The summed E-state index contributed by atoms with van der Waals surface area (Å²) in [5.74, 6) is -1.23. The van der Waals surface area contributed by atoms with E-state index in [1.165, 1.54) is 23.2 Å². The summed E-state index contributed by atoms with van der Waals surface area (Å²) in [7, 11) is 1.63. The van der Waals surface area contributed by atoms with Crippen LogP contribution in [-0.4, -0.2) is 41.4 Å². The predicted octanol–water partition coefficient (Wildman–Crippen LogP) is 1.64. The van der Waals surface area contributed by atoms with E-state index in [2.05, 4.69) is 5.32 Å². The van der Waals surface area contributed by atoms with Gasteiger partial charge in [0.05, 0.1) is 9.88 Å². The quantitative estimate of drug-likeness (QED) is 0.831. The predicted molar refractivity (Wildman–Crippen MR) is 72.5 cm³/mol. The first-order valence-electron chi connectivity index (χ1n) is 5.75. The fourth-order valence-electron chi connectivity index (χ4n) is 1.45. The third-order valence-electron chi connectivity index (χ3n) is 2.35. The lowest BCUT2D eigenvalue weighted by atomic mass is 10.3. The number of nitrogens with one attached hydrogen (secondary N) is 1. The smallest absolute Gasteiger partial charge is 0.303 e. The summed E-state index contributed by atoms with van der Waals surface area (Å²) in [6.07, 6.45) is 0.459. The minimum Gasteiger partial charge on any atom is -0.481 e. The van der Waals surface area contributed by atoms with E-state index in [4.69, 9.17) is 5.11 Å². The van der Waals surface area contributed by atoms with Gasteiger partial charge in [0.1, 0.15) is 0 Å². The van der Waals surface area contributed by atoms with Crippen LogP contribution in [0.2, 0.25) is 0 Å². The molecule has 1 aromatic heterocycles. The molecule has 2 N–H and O–H groups in total. The van der Waals surface area contributed by atoms with Crippen molar-refractivity contribution in [1.82, 2.24) is 4.90 Å². The average molecular weight is 284 g/mol. The van der Waals surface area contributed by atoms with Gasteiger partial charge in [-0.05, 0) is 18.6 Å². The number of thiophene rings is 1. The van der Waals surface area contributed by atoms with Gasteiger partial charge in [-0.3, -0.25) is 14.4 Å². The highest BCUT2D eigenvalue weighted by Gasteiger charge is 2.14. The average Bonchev–Trinajstić information content (AvgIpc) is 2.74. The molecule has 0 spiro atoms. The molecule has 0 aliphatic carbocycles. The number of rotatable bonds is 6. The van der Waals surface area contributed by atoms with Gasteiger partial charge in [-0.15, -0.1) is 11.3 Å². The van der Waals surface area contributed by atoms with E-state index in [1.807, 2.05) is 0 Å². The van der Waals surface area contributed by atoms with Crippen molar-refractivity contribution in [3.63, 3.8) is 0 Å². The zero-order valence-electron chi connectivity index (χ0n) is 10.8. The SMILES string of the molecule is CC(=O)Nc1ccc(C(=O)N(C)CCCC(=O)O)s1. The highest BCUT2D eigenvalue weighted by Crippen LogP contribution is 2.22. The van der Waals surface area contributed by atoms with Gasteiger partial charge in [0.2, 0.25) is 5.91 Å². The maximum atomic E-state index is 12.0. The molecule has 0 saturated carbocycles. The Labute approximate surface area is 115 Å². The van der Waals surface area contributed by atoms with Gasteiger partial charge in [-0.1, -0.05) is 0 Å². The molecule has 0 aliphatic rings. The van der Waals surface area contributed by atoms with Gasteiger partial charge in [0, 0.05) is 26.9 Å². The summed E-state index contributed by atoms with van der Waals surface area (Å²) in [6, 6.07) is 3.32. The highest BCUT2D eigenvalue weighted by atomic mass is 32.1. The fraction of sp³-hybridized carbons (Fsp3) is 0.417. The number of hydrogen-bond acceptors (Lipinski definition) is 4. The number of aliphatic carboxylic acids is 1. The van der Waals surface area contributed by atoms with E-state index in [0.717, 1.165) is 0 Å². The number of carboxylic acids is 1. The first-order chi connectivity index (χ1) is 8.90. The molecule has 0 atom stereocenters. The van der Waals surface area contributed by atoms with E-state index in [9.17, 15) is 14.4 Å². The number of nitrogens with zero attached hydrogens (tertiary/aromatic N) is 1. The van der Waals surface area contributed by atoms with Gasteiger partial charge in [0.15, 0.2) is 0 Å². The maximum Gasteiger partial charge on any atom is 0.303 e. The summed E-state index contributed by atoms with van der Waals surface area (Å²) < 4.78 is 0. The van der Waals surface area contributed by atoms with E-state index in [-0.39, 0.29) is 18.2 Å². The minimum absolute atomic E-state index is 0.0409. The topological polar surface area (TPSA) is 86.7 Å². The largest absolute Gasteiger partial charge is 0.481 e. The minimum atomic E-state index is -0.870. The Balaban J connectivity index is 2.54. The second kappa shape index (κ2) is 6.89. The van der Waals surface area contributed by atoms with Crippen molar-refractivity contribution in [3.05, 3.63) is 17.0 Å². The fourth-order valence-corrected chi connectivity index (χ4v) is 2.40. The zero-order chi connectivity index (χ0) is 14.4. The molecular formula is C12H16N2O4S. The molecule has 0 fully saturated rings. The van der Waals surface area contributed by atoms with Gasteiger partial charge in [0.25, 0.3) is 5.91 Å². The maximum absolute atomic E-state index is 12.0. The van der Waals surface area contributed by atoms with Crippen molar-refractivity contribution < 1.29 is 19.5 Å². The van der Waals surface area contributed by atoms with Crippen LogP contribution in [0.15, 0.2) is 12.1 Å². The van der Waals surface area contributed by atoms with Crippen molar-refractivity contribution in [2.75, 3.05) is 18.9 Å². The molecule has 1 aromatic rings. The second-order valence-corrected chi connectivity index (χ2v) is 5.15. The number of carboxylic acid groups (broad SMARTS) is 1. The molecule has 104 valence electrons. The molecule has 6 nitrogen and oxygen atoms in total. The molecule has 0 bridgehead atoms. The Bertz CT molecular complexity index is 484. The first-order valence-corrected chi connectivity index (χ1v) is 6.56. The Morgan fingerprint density at radius 1 is 1.37 bits per heavy atom. The molecule has 19 heavy (non-hydrogen) atoms. The molecule has 7 heteroatoms. The van der Waals surface area contributed by atoms with Crippen molar-refractivity contribution >= 4 is 34.1 Å². The van der Waals surface area contributed by atoms with Crippen molar-refractivity contribution in [1.29, 1.82) is 0 Å². The molecule has 0 aliphatic heterocycles. The first kappa shape index (κ1) is 15.2. The molecule has 0 radical (unpaired) electrons. The third-order valence-corrected chi connectivity index (χ3v) is 3.34. The highest BCUT2D eigenvalue weighted by molar-refractivity contribution is 7.18. The Hall–Kier alpha value is -1.89. The molecule has 1 rings (SSSR count). The van der Waals surface area contributed by atoms with Gasteiger partial charge >= 0.3 is 5.97 Å². The molecular weight excluding hydrogens is 268 g/mol. The number of anilines is 1. The second-order valence-electron chi connectivity index (χ2n) is 4.07. The number of carbonyl (C=O) groups excluding carboxylic acids is 2. The molecule has 0 saturated heterocycles. The van der Waals surface area contributed by atoms with E-state index in [0.29, 0.717) is 22.8 Å². The van der Waals surface area contributed by atoms with Crippen LogP contribution in [0, 0.1) is 0 Å². The number of carbonyl (C=O) groups is 3. The lowest BCUT2D eigenvalue weighted by Gasteiger charge is -2.15. The molecule has 1 heterocycles. The number of hydrogen-bond donors (Lipinski definition) is 2. The van der Waals surface area contributed by atoms with Crippen LogP contribution >= 0.6 is 11.3 Å². The molecule has 0 aromatic carbocycles. The molecule has 0 unspecified atom stereocenters. The Morgan fingerprint density at radius 2 is 2.05 bits per heavy atom. The lowest BCUT2D eigenvalue weighted by molar-refractivity contribution is -0.137. The summed E-state index contributed by atoms with van der Waals surface area (Å²) >= 11 is 1.20. The Kier molecular flexibility index (Phi) is 5.50. The van der Waals surface area contributed by atoms with Crippen LogP contribution in [0.25, 0.3) is 0 Å². The van der Waals surface area contributed by atoms with E-state index >= 15 is 0 Å². The van der Waals surface area contributed by atoms with Gasteiger partial charge in [-0.25, -0.2) is 0 Å². The summed E-state index contributed by atoms with van der Waals surface area (Å²) in [5, 5.41) is 11.8. The van der Waals surface area contributed by atoms with Crippen LogP contribution in [0.4, 0.5) is 5.00 Å². The molecule has 2 amide bonds. The Morgan fingerprint density at radius 3 is 2.63 bits per heavy atom. The van der Waals surface area contributed by atoms with Crippen LogP contribution in [-0.2, 0) is 9.59 Å². The van der Waals surface area contributed by atoms with Crippen LogP contribution in [0.3, 0.4) is 0 Å². The van der Waals surface area contributed by atoms with Crippen LogP contribution < -0.4 is 5.32 Å². The standard InChI is InChI=1S/C12H16N2O4S/c1-8(15)13-10-6-5-9(19-10)12(18)14(2)7-3-4-11(16)17/h5-6H,3-4,7H2,1-2H3,(H,13,15)(H,16,17).